The Morgan fingerprint density at radius 1 is 1.50 bits per heavy atom. The number of hydrogen-bond acceptors (Lipinski definition) is 5. The normalized spacial score (nSPS) is 17.5. The minimum atomic E-state index is -0.772. The lowest BCUT2D eigenvalue weighted by atomic mass is 10.4. The SMILES string of the molecule is CNc1ncc(F)c(N2CCS(=O)CC2)n1. The molecule has 0 saturated carbocycles. The van der Waals surface area contributed by atoms with Crippen molar-refractivity contribution in [2.75, 3.05) is 41.9 Å². The number of anilines is 2. The molecule has 1 N–H and O–H groups in total. The summed E-state index contributed by atoms with van der Waals surface area (Å²) in [5.74, 6) is 1.38. The van der Waals surface area contributed by atoms with E-state index < -0.39 is 16.6 Å². The zero-order valence-corrected chi connectivity index (χ0v) is 9.76. The molecule has 0 amide bonds. The minimum Gasteiger partial charge on any atom is -0.357 e. The van der Waals surface area contributed by atoms with E-state index in [1.807, 2.05) is 0 Å². The van der Waals surface area contributed by atoms with E-state index in [0.29, 0.717) is 30.5 Å². The third kappa shape index (κ3) is 2.29. The van der Waals surface area contributed by atoms with E-state index in [2.05, 4.69) is 15.3 Å². The molecule has 1 saturated heterocycles. The second-order valence-corrected chi connectivity index (χ2v) is 5.15. The van der Waals surface area contributed by atoms with Crippen LogP contribution >= 0.6 is 0 Å². The average molecular weight is 244 g/mol. The quantitative estimate of drug-likeness (QED) is 0.807. The van der Waals surface area contributed by atoms with Crippen molar-refractivity contribution in [2.45, 2.75) is 0 Å². The first-order valence-electron chi connectivity index (χ1n) is 5.01. The average Bonchev–Trinajstić information content (AvgIpc) is 2.31. The summed E-state index contributed by atoms with van der Waals surface area (Å²) >= 11 is 0. The molecule has 0 unspecified atom stereocenters. The molecule has 0 bridgehead atoms. The van der Waals surface area contributed by atoms with Crippen molar-refractivity contribution in [1.29, 1.82) is 0 Å². The standard InChI is InChI=1S/C9H13FN4OS/c1-11-9-12-6-7(10)8(13-9)14-2-4-16(15)5-3-14/h6H,2-5H2,1H3,(H,11,12,13). The summed E-state index contributed by atoms with van der Waals surface area (Å²) in [5, 5.41) is 2.77. The lowest BCUT2D eigenvalue weighted by molar-refractivity contribution is 0.602. The maximum absolute atomic E-state index is 13.5. The Labute approximate surface area is 95.5 Å². The molecule has 88 valence electrons. The molecule has 1 aliphatic heterocycles. The van der Waals surface area contributed by atoms with Crippen LogP contribution in [0.1, 0.15) is 0 Å². The molecule has 1 fully saturated rings. The number of nitrogens with zero attached hydrogens (tertiary/aromatic N) is 3. The molecule has 2 rings (SSSR count). The van der Waals surface area contributed by atoms with Gasteiger partial charge in [-0.1, -0.05) is 0 Å². The summed E-state index contributed by atoms with van der Waals surface area (Å²) in [6.07, 6.45) is 1.15. The fraction of sp³-hybridized carbons (Fsp3) is 0.556. The minimum absolute atomic E-state index is 0.288. The summed E-state index contributed by atoms with van der Waals surface area (Å²) in [7, 11) is 0.911. The Bertz CT molecular complexity index is 404. The van der Waals surface area contributed by atoms with Crippen LogP contribution in [0.2, 0.25) is 0 Å². The number of hydrogen-bond donors (Lipinski definition) is 1. The first-order valence-corrected chi connectivity index (χ1v) is 6.49. The fourth-order valence-corrected chi connectivity index (χ4v) is 2.60. The van der Waals surface area contributed by atoms with Crippen molar-refractivity contribution >= 4 is 22.6 Å². The molecule has 1 aromatic heterocycles. The van der Waals surface area contributed by atoms with Crippen LogP contribution in [0.3, 0.4) is 0 Å². The maximum Gasteiger partial charge on any atom is 0.224 e. The van der Waals surface area contributed by atoms with E-state index in [0.717, 1.165) is 6.20 Å². The molecule has 16 heavy (non-hydrogen) atoms. The van der Waals surface area contributed by atoms with Gasteiger partial charge in [0.05, 0.1) is 6.20 Å². The predicted octanol–water partition coefficient (Wildman–Crippen LogP) is 0.226. The van der Waals surface area contributed by atoms with Crippen LogP contribution in [0.5, 0.6) is 0 Å². The number of rotatable bonds is 2. The lowest BCUT2D eigenvalue weighted by Crippen LogP contribution is -2.38. The number of aromatic nitrogens is 2. The molecule has 1 aliphatic rings. The largest absolute Gasteiger partial charge is 0.357 e. The molecule has 7 heteroatoms. The Morgan fingerprint density at radius 2 is 2.19 bits per heavy atom. The van der Waals surface area contributed by atoms with Gasteiger partial charge in [0.25, 0.3) is 0 Å². The van der Waals surface area contributed by atoms with E-state index in [9.17, 15) is 8.60 Å². The van der Waals surface area contributed by atoms with Gasteiger partial charge in [-0.15, -0.1) is 0 Å². The van der Waals surface area contributed by atoms with Crippen molar-refractivity contribution < 1.29 is 8.60 Å². The molecule has 0 radical (unpaired) electrons. The molecular formula is C9H13FN4OS. The van der Waals surface area contributed by atoms with Gasteiger partial charge in [0.15, 0.2) is 11.6 Å². The highest BCUT2D eigenvalue weighted by Crippen LogP contribution is 2.18. The monoisotopic (exact) mass is 244 g/mol. The molecule has 0 spiro atoms. The second-order valence-electron chi connectivity index (χ2n) is 3.45. The molecule has 2 heterocycles. The van der Waals surface area contributed by atoms with Crippen LogP contribution in [-0.4, -0.2) is 45.8 Å². The van der Waals surface area contributed by atoms with Crippen LogP contribution in [0, 0.1) is 5.82 Å². The molecular weight excluding hydrogens is 231 g/mol. The Kier molecular flexibility index (Phi) is 3.33. The summed E-state index contributed by atoms with van der Waals surface area (Å²) in [5.41, 5.74) is 0. The number of nitrogens with one attached hydrogen (secondary N) is 1. The van der Waals surface area contributed by atoms with Crippen molar-refractivity contribution in [1.82, 2.24) is 9.97 Å². The first-order chi connectivity index (χ1) is 7.70. The zero-order valence-electron chi connectivity index (χ0n) is 8.94. The van der Waals surface area contributed by atoms with E-state index in [4.69, 9.17) is 0 Å². The van der Waals surface area contributed by atoms with Crippen LogP contribution in [0.4, 0.5) is 16.2 Å². The van der Waals surface area contributed by atoms with Crippen LogP contribution in [0.15, 0.2) is 6.20 Å². The Morgan fingerprint density at radius 3 is 2.81 bits per heavy atom. The van der Waals surface area contributed by atoms with E-state index in [-0.39, 0.29) is 5.82 Å². The highest BCUT2D eigenvalue weighted by Gasteiger charge is 2.20. The predicted molar refractivity (Wildman–Crippen MR) is 61.6 cm³/mol. The lowest BCUT2D eigenvalue weighted by Gasteiger charge is -2.27. The van der Waals surface area contributed by atoms with Gasteiger partial charge in [-0.25, -0.2) is 9.37 Å². The fourth-order valence-electron chi connectivity index (χ4n) is 1.55. The smallest absolute Gasteiger partial charge is 0.224 e. The summed E-state index contributed by atoms with van der Waals surface area (Å²) < 4.78 is 24.7. The summed E-state index contributed by atoms with van der Waals surface area (Å²) in [6.45, 7) is 1.15. The topological polar surface area (TPSA) is 58.1 Å². The van der Waals surface area contributed by atoms with E-state index in [1.165, 1.54) is 0 Å². The van der Waals surface area contributed by atoms with Gasteiger partial charge in [-0.2, -0.15) is 4.98 Å². The first kappa shape index (κ1) is 11.3. The zero-order chi connectivity index (χ0) is 11.5. The summed E-state index contributed by atoms with van der Waals surface area (Å²) in [6, 6.07) is 0. The highest BCUT2D eigenvalue weighted by molar-refractivity contribution is 7.85. The summed E-state index contributed by atoms with van der Waals surface area (Å²) in [4.78, 5) is 9.66. The van der Waals surface area contributed by atoms with Crippen LogP contribution in [0.25, 0.3) is 0 Å². The van der Waals surface area contributed by atoms with Crippen molar-refractivity contribution in [3.05, 3.63) is 12.0 Å². The Hall–Kier alpha value is -1.24. The van der Waals surface area contributed by atoms with Crippen LogP contribution < -0.4 is 10.2 Å². The van der Waals surface area contributed by atoms with E-state index >= 15 is 0 Å². The molecule has 0 aromatic carbocycles. The number of halogens is 1. The van der Waals surface area contributed by atoms with Gasteiger partial charge in [-0.05, 0) is 0 Å². The molecule has 0 atom stereocenters. The second kappa shape index (κ2) is 4.73. The molecule has 1 aromatic rings. The highest BCUT2D eigenvalue weighted by atomic mass is 32.2. The van der Waals surface area contributed by atoms with Gasteiger partial charge in [0.1, 0.15) is 0 Å². The molecule has 5 nitrogen and oxygen atoms in total. The third-order valence-corrected chi connectivity index (χ3v) is 3.70. The van der Waals surface area contributed by atoms with Crippen molar-refractivity contribution in [3.8, 4) is 0 Å². The third-order valence-electron chi connectivity index (χ3n) is 2.43. The Balaban J connectivity index is 2.22. The van der Waals surface area contributed by atoms with Crippen molar-refractivity contribution in [2.24, 2.45) is 0 Å². The van der Waals surface area contributed by atoms with Gasteiger partial charge in [0, 0.05) is 42.4 Å². The van der Waals surface area contributed by atoms with Gasteiger partial charge in [0.2, 0.25) is 5.95 Å². The maximum atomic E-state index is 13.5. The van der Waals surface area contributed by atoms with E-state index in [1.54, 1.807) is 11.9 Å². The molecule has 0 aliphatic carbocycles. The van der Waals surface area contributed by atoms with Gasteiger partial charge >= 0.3 is 0 Å². The van der Waals surface area contributed by atoms with Crippen LogP contribution in [-0.2, 0) is 10.8 Å². The van der Waals surface area contributed by atoms with Crippen molar-refractivity contribution in [3.63, 3.8) is 0 Å². The van der Waals surface area contributed by atoms with Gasteiger partial charge < -0.3 is 10.2 Å². The van der Waals surface area contributed by atoms with Gasteiger partial charge in [-0.3, -0.25) is 4.21 Å².